The largest absolute Gasteiger partial charge is 0.396 e. The molecule has 2 atom stereocenters. The van der Waals surface area contributed by atoms with E-state index in [4.69, 9.17) is 5.11 Å². The molecule has 2 aromatic rings. The van der Waals surface area contributed by atoms with Crippen LogP contribution in [0.25, 0.3) is 5.69 Å². The lowest BCUT2D eigenvalue weighted by atomic mass is 10.1. The Balaban J connectivity index is 1.80. The second kappa shape index (κ2) is 6.58. The van der Waals surface area contributed by atoms with Crippen LogP contribution >= 0.6 is 0 Å². The van der Waals surface area contributed by atoms with Crippen molar-refractivity contribution < 1.29 is 9.90 Å². The number of carbonyl (C=O) groups excluding carboxylic acids is 1. The van der Waals surface area contributed by atoms with Crippen LogP contribution in [-0.4, -0.2) is 33.4 Å². The third-order valence-corrected chi connectivity index (χ3v) is 3.76. The van der Waals surface area contributed by atoms with Crippen LogP contribution in [0.1, 0.15) is 16.9 Å². The van der Waals surface area contributed by atoms with Crippen molar-refractivity contribution in [2.24, 2.45) is 5.92 Å². The fourth-order valence-corrected chi connectivity index (χ4v) is 2.55. The number of carbonyl (C=O) groups is 1. The minimum Gasteiger partial charge on any atom is -0.396 e. The van der Waals surface area contributed by atoms with Gasteiger partial charge in [-0.1, -0.05) is 30.4 Å². The fourth-order valence-electron chi connectivity index (χ4n) is 2.55. The van der Waals surface area contributed by atoms with Crippen molar-refractivity contribution in [2.75, 3.05) is 6.61 Å². The van der Waals surface area contributed by atoms with Gasteiger partial charge in [-0.25, -0.2) is 0 Å². The topological polar surface area (TPSA) is 84.2 Å². The quantitative estimate of drug-likeness (QED) is 0.822. The first-order valence-electron chi connectivity index (χ1n) is 7.43. The SMILES string of the molecule is O=C(N[C@@H]1C=C[C@H](CO)C1)c1ccc(=O)n(-c2ccccc2)n1. The number of amides is 1. The highest BCUT2D eigenvalue weighted by molar-refractivity contribution is 5.92. The molecule has 1 amide bonds. The average molecular weight is 311 g/mol. The number of nitrogens with one attached hydrogen (secondary N) is 1. The molecule has 118 valence electrons. The Hall–Kier alpha value is -2.73. The summed E-state index contributed by atoms with van der Waals surface area (Å²) in [5, 5.41) is 16.1. The van der Waals surface area contributed by atoms with E-state index in [2.05, 4.69) is 10.4 Å². The monoisotopic (exact) mass is 311 g/mol. The molecular formula is C17H17N3O3. The van der Waals surface area contributed by atoms with E-state index in [-0.39, 0.29) is 35.7 Å². The highest BCUT2D eigenvalue weighted by Crippen LogP contribution is 2.17. The molecule has 6 heteroatoms. The summed E-state index contributed by atoms with van der Waals surface area (Å²) in [7, 11) is 0. The molecule has 0 radical (unpaired) electrons. The summed E-state index contributed by atoms with van der Waals surface area (Å²) < 4.78 is 1.20. The minimum atomic E-state index is -0.345. The van der Waals surface area contributed by atoms with Crippen LogP contribution in [0.5, 0.6) is 0 Å². The lowest BCUT2D eigenvalue weighted by Crippen LogP contribution is -2.35. The molecule has 1 aromatic heterocycles. The molecule has 0 fully saturated rings. The minimum absolute atomic E-state index is 0.0695. The van der Waals surface area contributed by atoms with E-state index in [1.165, 1.54) is 16.8 Å². The smallest absolute Gasteiger partial charge is 0.272 e. The Bertz CT molecular complexity index is 783. The molecule has 0 unspecified atom stereocenters. The van der Waals surface area contributed by atoms with Gasteiger partial charge in [0, 0.05) is 24.6 Å². The zero-order valence-electron chi connectivity index (χ0n) is 12.4. The van der Waals surface area contributed by atoms with E-state index in [0.717, 1.165) is 0 Å². The summed E-state index contributed by atoms with van der Waals surface area (Å²) >= 11 is 0. The van der Waals surface area contributed by atoms with Crippen LogP contribution < -0.4 is 10.9 Å². The predicted molar refractivity (Wildman–Crippen MR) is 85.4 cm³/mol. The lowest BCUT2D eigenvalue weighted by molar-refractivity contribution is 0.0934. The van der Waals surface area contributed by atoms with E-state index in [1.54, 1.807) is 24.3 Å². The highest BCUT2D eigenvalue weighted by atomic mass is 16.3. The van der Waals surface area contributed by atoms with E-state index >= 15 is 0 Å². The molecule has 1 aliphatic rings. The van der Waals surface area contributed by atoms with E-state index in [9.17, 15) is 9.59 Å². The first kappa shape index (κ1) is 15.2. The zero-order chi connectivity index (χ0) is 16.2. The fraction of sp³-hybridized carbons (Fsp3) is 0.235. The summed E-state index contributed by atoms with van der Waals surface area (Å²) in [5.41, 5.74) is 0.483. The van der Waals surface area contributed by atoms with Crippen molar-refractivity contribution >= 4 is 5.91 Å². The van der Waals surface area contributed by atoms with Crippen LogP contribution in [0, 0.1) is 5.92 Å². The first-order chi connectivity index (χ1) is 11.2. The molecule has 6 nitrogen and oxygen atoms in total. The number of aliphatic hydroxyl groups is 1. The molecule has 1 heterocycles. The normalized spacial score (nSPS) is 19.7. The number of rotatable bonds is 4. The van der Waals surface area contributed by atoms with Gasteiger partial charge in [0.15, 0.2) is 0 Å². The van der Waals surface area contributed by atoms with Crippen molar-refractivity contribution in [1.29, 1.82) is 0 Å². The van der Waals surface area contributed by atoms with Gasteiger partial charge >= 0.3 is 0 Å². The number of para-hydroxylation sites is 1. The number of hydrogen-bond donors (Lipinski definition) is 2. The number of nitrogens with zero attached hydrogens (tertiary/aromatic N) is 2. The van der Waals surface area contributed by atoms with Crippen LogP contribution in [0.2, 0.25) is 0 Å². The molecular weight excluding hydrogens is 294 g/mol. The van der Waals surface area contributed by atoms with Crippen LogP contribution in [0.15, 0.2) is 59.4 Å². The van der Waals surface area contributed by atoms with Crippen LogP contribution in [-0.2, 0) is 0 Å². The molecule has 0 saturated carbocycles. The van der Waals surface area contributed by atoms with Crippen molar-refractivity contribution in [1.82, 2.24) is 15.1 Å². The van der Waals surface area contributed by atoms with Crippen molar-refractivity contribution in [3.8, 4) is 5.69 Å². The van der Waals surface area contributed by atoms with Gasteiger partial charge < -0.3 is 10.4 Å². The Morgan fingerprint density at radius 3 is 2.70 bits per heavy atom. The van der Waals surface area contributed by atoms with Gasteiger partial charge in [0.25, 0.3) is 11.5 Å². The Morgan fingerprint density at radius 1 is 1.22 bits per heavy atom. The molecule has 1 aliphatic carbocycles. The van der Waals surface area contributed by atoms with Gasteiger partial charge in [-0.15, -0.1) is 0 Å². The standard InChI is InChI=1S/C17H17N3O3/c21-11-12-6-7-13(10-12)18-17(23)15-8-9-16(22)20(19-15)14-4-2-1-3-5-14/h1-9,12-13,21H,10-11H2,(H,18,23)/t12-,13+/m0/s1. The predicted octanol–water partition coefficient (Wildman–Crippen LogP) is 0.899. The third kappa shape index (κ3) is 3.37. The van der Waals surface area contributed by atoms with Crippen LogP contribution in [0.3, 0.4) is 0 Å². The van der Waals surface area contributed by atoms with Gasteiger partial charge in [0.05, 0.1) is 5.69 Å². The average Bonchev–Trinajstić information content (AvgIpc) is 3.03. The Morgan fingerprint density at radius 2 is 2.00 bits per heavy atom. The van der Waals surface area contributed by atoms with Crippen LogP contribution in [0.4, 0.5) is 0 Å². The van der Waals surface area contributed by atoms with Gasteiger partial charge in [-0.05, 0) is 24.6 Å². The third-order valence-electron chi connectivity index (χ3n) is 3.76. The maximum absolute atomic E-state index is 12.3. The molecule has 2 N–H and O–H groups in total. The maximum atomic E-state index is 12.3. The molecule has 0 bridgehead atoms. The van der Waals surface area contributed by atoms with E-state index in [1.807, 2.05) is 18.2 Å². The summed E-state index contributed by atoms with van der Waals surface area (Å²) in [5.74, 6) is -0.269. The summed E-state index contributed by atoms with van der Waals surface area (Å²) in [6.45, 7) is 0.0695. The molecule has 23 heavy (non-hydrogen) atoms. The van der Waals surface area contributed by atoms with Gasteiger partial charge in [-0.2, -0.15) is 9.78 Å². The Labute approximate surface area is 133 Å². The van der Waals surface area contributed by atoms with Crippen molar-refractivity contribution in [3.05, 3.63) is 70.7 Å². The molecule has 3 rings (SSSR count). The number of aromatic nitrogens is 2. The van der Waals surface area contributed by atoms with Gasteiger partial charge in [0.2, 0.25) is 0 Å². The van der Waals surface area contributed by atoms with E-state index < -0.39 is 0 Å². The number of aliphatic hydroxyl groups excluding tert-OH is 1. The first-order valence-corrected chi connectivity index (χ1v) is 7.43. The summed E-state index contributed by atoms with van der Waals surface area (Å²) in [6.07, 6.45) is 4.43. The lowest BCUT2D eigenvalue weighted by Gasteiger charge is -2.13. The maximum Gasteiger partial charge on any atom is 0.272 e. The van der Waals surface area contributed by atoms with Crippen molar-refractivity contribution in [2.45, 2.75) is 12.5 Å². The van der Waals surface area contributed by atoms with Crippen molar-refractivity contribution in [3.63, 3.8) is 0 Å². The molecule has 0 spiro atoms. The summed E-state index contributed by atoms with van der Waals surface area (Å²) in [4.78, 5) is 24.3. The molecule has 0 aliphatic heterocycles. The van der Waals surface area contributed by atoms with Gasteiger partial charge in [0.1, 0.15) is 5.69 Å². The van der Waals surface area contributed by atoms with E-state index in [0.29, 0.717) is 12.1 Å². The number of hydrogen-bond acceptors (Lipinski definition) is 4. The Kier molecular flexibility index (Phi) is 4.34. The zero-order valence-corrected chi connectivity index (χ0v) is 12.4. The molecule has 1 aromatic carbocycles. The second-order valence-corrected chi connectivity index (χ2v) is 5.45. The second-order valence-electron chi connectivity index (χ2n) is 5.45. The number of benzene rings is 1. The highest BCUT2D eigenvalue weighted by Gasteiger charge is 2.21. The summed E-state index contributed by atoms with van der Waals surface area (Å²) in [6, 6.07) is 11.6. The van der Waals surface area contributed by atoms with Gasteiger partial charge in [-0.3, -0.25) is 9.59 Å². The molecule has 0 saturated heterocycles.